The molecular formula is C12H13FN2O. The van der Waals surface area contributed by atoms with Gasteiger partial charge in [0.15, 0.2) is 0 Å². The summed E-state index contributed by atoms with van der Waals surface area (Å²) in [6, 6.07) is 7.01. The average Bonchev–Trinajstić information content (AvgIpc) is 2.81. The zero-order valence-corrected chi connectivity index (χ0v) is 8.87. The number of rotatable bonds is 3. The van der Waals surface area contributed by atoms with Crippen LogP contribution in [0.5, 0.6) is 0 Å². The smallest absolute Gasteiger partial charge is 0.145 e. The van der Waals surface area contributed by atoms with Gasteiger partial charge in [-0.25, -0.2) is 4.39 Å². The highest BCUT2D eigenvalue weighted by Crippen LogP contribution is 2.13. The molecule has 1 heterocycles. The fourth-order valence-electron chi connectivity index (χ4n) is 1.75. The van der Waals surface area contributed by atoms with Crippen molar-refractivity contribution in [1.29, 1.82) is 5.26 Å². The van der Waals surface area contributed by atoms with Gasteiger partial charge in [-0.2, -0.15) is 5.26 Å². The SMILES string of the molecule is N#Cc1cccc(CNC2CCOC2)c1F. The van der Waals surface area contributed by atoms with Gasteiger partial charge in [-0.3, -0.25) is 0 Å². The van der Waals surface area contributed by atoms with E-state index in [1.165, 1.54) is 6.07 Å². The van der Waals surface area contributed by atoms with Crippen LogP contribution in [0, 0.1) is 17.1 Å². The summed E-state index contributed by atoms with van der Waals surface area (Å²) < 4.78 is 18.9. The molecule has 1 N–H and O–H groups in total. The van der Waals surface area contributed by atoms with Gasteiger partial charge in [-0.15, -0.1) is 0 Å². The second kappa shape index (κ2) is 5.06. The van der Waals surface area contributed by atoms with E-state index in [4.69, 9.17) is 10.00 Å². The third-order valence-corrected chi connectivity index (χ3v) is 2.71. The summed E-state index contributed by atoms with van der Waals surface area (Å²) in [7, 11) is 0. The number of nitriles is 1. The first-order chi connectivity index (χ1) is 7.81. The Labute approximate surface area is 93.8 Å². The molecule has 1 aromatic carbocycles. The molecule has 1 aliphatic rings. The van der Waals surface area contributed by atoms with E-state index in [-0.39, 0.29) is 5.56 Å². The molecule has 1 unspecified atom stereocenters. The normalized spacial score (nSPS) is 19.6. The zero-order valence-electron chi connectivity index (χ0n) is 8.87. The van der Waals surface area contributed by atoms with Gasteiger partial charge in [0.1, 0.15) is 11.9 Å². The number of nitrogens with one attached hydrogen (secondary N) is 1. The van der Waals surface area contributed by atoms with Gasteiger partial charge in [0.05, 0.1) is 12.2 Å². The van der Waals surface area contributed by atoms with Crippen LogP contribution in [0.1, 0.15) is 17.5 Å². The Morgan fingerprint density at radius 3 is 3.12 bits per heavy atom. The number of benzene rings is 1. The summed E-state index contributed by atoms with van der Waals surface area (Å²) in [5, 5.41) is 11.9. The molecule has 1 saturated heterocycles. The van der Waals surface area contributed by atoms with Crippen LogP contribution in [-0.2, 0) is 11.3 Å². The predicted molar refractivity (Wildman–Crippen MR) is 57.2 cm³/mol. The molecule has 1 atom stereocenters. The van der Waals surface area contributed by atoms with E-state index < -0.39 is 5.82 Å². The highest BCUT2D eigenvalue weighted by Gasteiger charge is 2.15. The lowest BCUT2D eigenvalue weighted by Crippen LogP contribution is -2.28. The van der Waals surface area contributed by atoms with Crippen molar-refractivity contribution in [2.75, 3.05) is 13.2 Å². The molecule has 1 aliphatic heterocycles. The second-order valence-corrected chi connectivity index (χ2v) is 3.83. The Hall–Kier alpha value is -1.44. The van der Waals surface area contributed by atoms with Crippen LogP contribution in [0.2, 0.25) is 0 Å². The van der Waals surface area contributed by atoms with Crippen molar-refractivity contribution in [3.63, 3.8) is 0 Å². The summed E-state index contributed by atoms with van der Waals surface area (Å²) in [6.45, 7) is 1.88. The topological polar surface area (TPSA) is 45.0 Å². The van der Waals surface area contributed by atoms with Crippen LogP contribution >= 0.6 is 0 Å². The molecule has 16 heavy (non-hydrogen) atoms. The molecule has 1 fully saturated rings. The van der Waals surface area contributed by atoms with Crippen molar-refractivity contribution in [2.24, 2.45) is 0 Å². The Kier molecular flexibility index (Phi) is 3.50. The van der Waals surface area contributed by atoms with E-state index in [1.807, 2.05) is 6.07 Å². The van der Waals surface area contributed by atoms with Crippen LogP contribution in [0.3, 0.4) is 0 Å². The molecule has 3 nitrogen and oxygen atoms in total. The van der Waals surface area contributed by atoms with E-state index in [0.29, 0.717) is 24.8 Å². The Balaban J connectivity index is 2.01. The summed E-state index contributed by atoms with van der Waals surface area (Å²) >= 11 is 0. The number of hydrogen-bond donors (Lipinski definition) is 1. The van der Waals surface area contributed by atoms with Gasteiger partial charge in [0.25, 0.3) is 0 Å². The van der Waals surface area contributed by atoms with Crippen LogP contribution in [0.25, 0.3) is 0 Å². The standard InChI is InChI=1S/C12H13FN2O/c13-12-9(6-14)2-1-3-10(12)7-15-11-4-5-16-8-11/h1-3,11,15H,4-5,7-8H2. The third-order valence-electron chi connectivity index (χ3n) is 2.71. The maximum absolute atomic E-state index is 13.7. The molecule has 2 rings (SSSR count). The minimum Gasteiger partial charge on any atom is -0.380 e. The first-order valence-corrected chi connectivity index (χ1v) is 5.30. The van der Waals surface area contributed by atoms with Gasteiger partial charge in [0.2, 0.25) is 0 Å². The molecule has 0 saturated carbocycles. The molecule has 84 valence electrons. The molecule has 1 aromatic rings. The zero-order chi connectivity index (χ0) is 11.4. The number of halogens is 1. The Morgan fingerprint density at radius 1 is 1.56 bits per heavy atom. The molecule has 0 amide bonds. The van der Waals surface area contributed by atoms with Gasteiger partial charge in [0, 0.05) is 24.8 Å². The van der Waals surface area contributed by atoms with Gasteiger partial charge in [-0.05, 0) is 12.5 Å². The highest BCUT2D eigenvalue weighted by molar-refractivity contribution is 5.34. The second-order valence-electron chi connectivity index (χ2n) is 3.83. The van der Waals surface area contributed by atoms with Crippen LogP contribution in [0.15, 0.2) is 18.2 Å². The van der Waals surface area contributed by atoms with Crippen molar-refractivity contribution in [3.8, 4) is 6.07 Å². The Morgan fingerprint density at radius 2 is 2.44 bits per heavy atom. The van der Waals surface area contributed by atoms with E-state index >= 15 is 0 Å². The number of ether oxygens (including phenoxy) is 1. The summed E-state index contributed by atoms with van der Waals surface area (Å²) in [6.07, 6.45) is 0.958. The molecule has 0 radical (unpaired) electrons. The lowest BCUT2D eigenvalue weighted by atomic mass is 10.1. The monoisotopic (exact) mass is 220 g/mol. The first-order valence-electron chi connectivity index (χ1n) is 5.30. The van der Waals surface area contributed by atoms with E-state index in [9.17, 15) is 4.39 Å². The van der Waals surface area contributed by atoms with Crippen LogP contribution in [-0.4, -0.2) is 19.3 Å². The highest BCUT2D eigenvalue weighted by atomic mass is 19.1. The first kappa shape index (κ1) is 11.1. The van der Waals surface area contributed by atoms with Crippen molar-refractivity contribution < 1.29 is 9.13 Å². The van der Waals surface area contributed by atoms with E-state index in [2.05, 4.69) is 5.32 Å². The largest absolute Gasteiger partial charge is 0.380 e. The molecule has 0 aliphatic carbocycles. The molecule has 0 aromatic heterocycles. The molecule has 0 bridgehead atoms. The van der Waals surface area contributed by atoms with Crippen molar-refractivity contribution in [2.45, 2.75) is 19.0 Å². The lowest BCUT2D eigenvalue weighted by Gasteiger charge is -2.11. The van der Waals surface area contributed by atoms with Crippen molar-refractivity contribution in [3.05, 3.63) is 35.1 Å². The fourth-order valence-corrected chi connectivity index (χ4v) is 1.75. The third kappa shape index (κ3) is 2.38. The van der Waals surface area contributed by atoms with E-state index in [0.717, 1.165) is 13.0 Å². The van der Waals surface area contributed by atoms with Crippen LogP contribution in [0.4, 0.5) is 4.39 Å². The average molecular weight is 220 g/mol. The number of nitrogens with zero attached hydrogens (tertiary/aromatic N) is 1. The summed E-state index contributed by atoms with van der Waals surface area (Å²) in [4.78, 5) is 0. The molecule has 0 spiro atoms. The number of hydrogen-bond acceptors (Lipinski definition) is 3. The maximum atomic E-state index is 13.7. The van der Waals surface area contributed by atoms with Gasteiger partial charge in [-0.1, -0.05) is 12.1 Å². The van der Waals surface area contributed by atoms with Crippen molar-refractivity contribution in [1.82, 2.24) is 5.32 Å². The van der Waals surface area contributed by atoms with Crippen molar-refractivity contribution >= 4 is 0 Å². The lowest BCUT2D eigenvalue weighted by molar-refractivity contribution is 0.189. The molecule has 4 heteroatoms. The quantitative estimate of drug-likeness (QED) is 0.841. The predicted octanol–water partition coefficient (Wildman–Crippen LogP) is 1.58. The molecular weight excluding hydrogens is 207 g/mol. The van der Waals surface area contributed by atoms with Gasteiger partial charge >= 0.3 is 0 Å². The minimum atomic E-state index is -0.420. The minimum absolute atomic E-state index is 0.0990. The summed E-state index contributed by atoms with van der Waals surface area (Å²) in [5.41, 5.74) is 0.632. The van der Waals surface area contributed by atoms with E-state index in [1.54, 1.807) is 12.1 Å². The maximum Gasteiger partial charge on any atom is 0.145 e. The van der Waals surface area contributed by atoms with Crippen LogP contribution < -0.4 is 5.32 Å². The fraction of sp³-hybridized carbons (Fsp3) is 0.417. The summed E-state index contributed by atoms with van der Waals surface area (Å²) in [5.74, 6) is -0.420. The van der Waals surface area contributed by atoms with Gasteiger partial charge < -0.3 is 10.1 Å². The Bertz CT molecular complexity index is 408.